The number of rotatable bonds is 7. The molecule has 2 N–H and O–H groups in total. The Balaban J connectivity index is 1.74. The summed E-state index contributed by atoms with van der Waals surface area (Å²) in [5, 5.41) is 14.4. The van der Waals surface area contributed by atoms with Gasteiger partial charge in [-0.2, -0.15) is 5.26 Å². The van der Waals surface area contributed by atoms with Gasteiger partial charge in [-0.3, -0.25) is 4.79 Å². The summed E-state index contributed by atoms with van der Waals surface area (Å²) in [7, 11) is 1.74. The number of carbonyl (C=O) groups excluding carboxylic acids is 2. The molecule has 6 nitrogen and oxygen atoms in total. The van der Waals surface area contributed by atoms with E-state index in [-0.39, 0.29) is 30.9 Å². The van der Waals surface area contributed by atoms with Gasteiger partial charge >= 0.3 is 6.03 Å². The maximum absolute atomic E-state index is 12.3. The van der Waals surface area contributed by atoms with Gasteiger partial charge in [0.15, 0.2) is 0 Å². The molecule has 0 saturated carbocycles. The van der Waals surface area contributed by atoms with Gasteiger partial charge in [0, 0.05) is 31.0 Å². The van der Waals surface area contributed by atoms with Crippen molar-refractivity contribution in [3.05, 3.63) is 69.7 Å². The summed E-state index contributed by atoms with van der Waals surface area (Å²) in [6.07, 6.45) is 0.222. The third-order valence-electron chi connectivity index (χ3n) is 4.30. The molecule has 3 amide bonds. The van der Waals surface area contributed by atoms with E-state index >= 15 is 0 Å². The van der Waals surface area contributed by atoms with Crippen LogP contribution in [-0.2, 0) is 11.3 Å². The summed E-state index contributed by atoms with van der Waals surface area (Å²) in [6, 6.07) is 16.3. The Hall–Kier alpha value is -2.85. The van der Waals surface area contributed by atoms with Crippen LogP contribution < -0.4 is 10.6 Å². The van der Waals surface area contributed by atoms with Crippen molar-refractivity contribution in [2.24, 2.45) is 0 Å². The van der Waals surface area contributed by atoms with Gasteiger partial charge in [-0.05, 0) is 36.2 Å². The average molecular weight is 443 g/mol. The number of nitrogens with zero attached hydrogens (tertiary/aromatic N) is 2. The summed E-state index contributed by atoms with van der Waals surface area (Å²) in [6.45, 7) is 2.62. The molecule has 0 spiro atoms. The van der Waals surface area contributed by atoms with Crippen molar-refractivity contribution in [3.63, 3.8) is 0 Å². The Labute approximate surface area is 173 Å². The minimum atomic E-state index is -0.335. The van der Waals surface area contributed by atoms with Crippen LogP contribution in [0.15, 0.2) is 53.0 Å². The minimum Gasteiger partial charge on any atom is -0.341 e. The molecule has 0 radical (unpaired) electrons. The molecule has 2 rings (SSSR count). The first-order chi connectivity index (χ1) is 13.4. The highest BCUT2D eigenvalue weighted by molar-refractivity contribution is 9.10. The first-order valence-corrected chi connectivity index (χ1v) is 9.71. The van der Waals surface area contributed by atoms with E-state index in [0.717, 1.165) is 15.6 Å². The van der Waals surface area contributed by atoms with E-state index in [1.807, 2.05) is 43.3 Å². The van der Waals surface area contributed by atoms with Crippen LogP contribution in [0.1, 0.15) is 36.1 Å². The standard InChI is InChI=1S/C21H23BrN4O2/c1-15(17-9-7-16(13-23)8-10-17)25-21(28)24-12-11-20(27)26(2)14-18-5-3-4-6-19(18)22/h3-10,15H,11-12,14H2,1-2H3,(H2,24,25,28). The number of hydrogen-bond donors (Lipinski definition) is 2. The molecule has 1 atom stereocenters. The topological polar surface area (TPSA) is 85.2 Å². The lowest BCUT2D eigenvalue weighted by molar-refractivity contribution is -0.130. The lowest BCUT2D eigenvalue weighted by atomic mass is 10.1. The fourth-order valence-corrected chi connectivity index (χ4v) is 3.03. The van der Waals surface area contributed by atoms with Crippen LogP contribution in [0.4, 0.5) is 4.79 Å². The molecule has 1 unspecified atom stereocenters. The molecule has 2 aromatic rings. The second kappa shape index (κ2) is 10.5. The highest BCUT2D eigenvalue weighted by Gasteiger charge is 2.13. The Kier molecular flexibility index (Phi) is 8.02. The van der Waals surface area contributed by atoms with Crippen molar-refractivity contribution in [1.29, 1.82) is 5.26 Å². The van der Waals surface area contributed by atoms with Gasteiger partial charge in [-0.25, -0.2) is 4.79 Å². The molecule has 0 aliphatic rings. The van der Waals surface area contributed by atoms with Gasteiger partial charge in [-0.15, -0.1) is 0 Å². The predicted molar refractivity (Wildman–Crippen MR) is 111 cm³/mol. The summed E-state index contributed by atoms with van der Waals surface area (Å²) < 4.78 is 0.962. The zero-order chi connectivity index (χ0) is 20.5. The number of carbonyl (C=O) groups is 2. The first kappa shape index (κ1) is 21.5. The zero-order valence-corrected chi connectivity index (χ0v) is 17.5. The van der Waals surface area contributed by atoms with E-state index in [0.29, 0.717) is 12.1 Å². The molecule has 0 fully saturated rings. The number of halogens is 1. The van der Waals surface area contributed by atoms with E-state index in [4.69, 9.17) is 5.26 Å². The minimum absolute atomic E-state index is 0.0452. The third-order valence-corrected chi connectivity index (χ3v) is 5.08. The monoisotopic (exact) mass is 442 g/mol. The van der Waals surface area contributed by atoms with Gasteiger partial charge < -0.3 is 15.5 Å². The van der Waals surface area contributed by atoms with Crippen LogP contribution in [0.2, 0.25) is 0 Å². The van der Waals surface area contributed by atoms with Crippen LogP contribution in [0.5, 0.6) is 0 Å². The van der Waals surface area contributed by atoms with Crippen LogP contribution in [0, 0.1) is 11.3 Å². The Morgan fingerprint density at radius 2 is 1.86 bits per heavy atom. The quantitative estimate of drug-likeness (QED) is 0.684. The molecule has 0 saturated heterocycles. The average Bonchev–Trinajstić information content (AvgIpc) is 2.69. The molecule has 146 valence electrons. The van der Waals surface area contributed by atoms with Gasteiger partial charge in [0.2, 0.25) is 5.91 Å². The first-order valence-electron chi connectivity index (χ1n) is 8.92. The number of nitrogens with one attached hydrogen (secondary N) is 2. The van der Waals surface area contributed by atoms with Crippen molar-refractivity contribution in [2.75, 3.05) is 13.6 Å². The highest BCUT2D eigenvalue weighted by Crippen LogP contribution is 2.17. The maximum Gasteiger partial charge on any atom is 0.315 e. The van der Waals surface area contributed by atoms with Gasteiger partial charge in [0.05, 0.1) is 17.7 Å². The van der Waals surface area contributed by atoms with E-state index in [9.17, 15) is 9.59 Å². The molecule has 0 bridgehead atoms. The lowest BCUT2D eigenvalue weighted by Gasteiger charge is -2.19. The van der Waals surface area contributed by atoms with E-state index in [1.54, 1.807) is 24.1 Å². The highest BCUT2D eigenvalue weighted by atomic mass is 79.9. The molecule has 0 aliphatic carbocycles. The Morgan fingerprint density at radius 3 is 2.50 bits per heavy atom. The van der Waals surface area contributed by atoms with E-state index < -0.39 is 0 Å². The van der Waals surface area contributed by atoms with Gasteiger partial charge in [0.25, 0.3) is 0 Å². The normalized spacial score (nSPS) is 11.2. The third kappa shape index (κ3) is 6.39. The second-order valence-corrected chi connectivity index (χ2v) is 7.30. The predicted octanol–water partition coefficient (Wildman–Crippen LogP) is 3.73. The smallest absolute Gasteiger partial charge is 0.315 e. The van der Waals surface area contributed by atoms with Gasteiger partial charge in [-0.1, -0.05) is 46.3 Å². The summed E-state index contributed by atoms with van der Waals surface area (Å²) in [4.78, 5) is 25.9. The van der Waals surface area contributed by atoms with Gasteiger partial charge in [0.1, 0.15) is 0 Å². The molecule has 0 aliphatic heterocycles. The largest absolute Gasteiger partial charge is 0.341 e. The molecule has 2 aromatic carbocycles. The van der Waals surface area contributed by atoms with Crippen LogP contribution >= 0.6 is 15.9 Å². The maximum atomic E-state index is 12.3. The second-order valence-electron chi connectivity index (χ2n) is 6.45. The van der Waals surface area contributed by atoms with Crippen LogP contribution in [0.25, 0.3) is 0 Å². The molecule has 0 heterocycles. The number of urea groups is 1. The number of hydrogen-bond acceptors (Lipinski definition) is 3. The van der Waals surface area contributed by atoms with Crippen LogP contribution in [-0.4, -0.2) is 30.4 Å². The molecule has 0 aromatic heterocycles. The number of benzene rings is 2. The van der Waals surface area contributed by atoms with Crippen LogP contribution in [0.3, 0.4) is 0 Å². The Morgan fingerprint density at radius 1 is 1.18 bits per heavy atom. The number of amides is 3. The van der Waals surface area contributed by atoms with E-state index in [1.165, 1.54) is 0 Å². The summed E-state index contributed by atoms with van der Waals surface area (Å²) in [5.74, 6) is -0.0452. The fraction of sp³-hybridized carbons (Fsp3) is 0.286. The summed E-state index contributed by atoms with van der Waals surface area (Å²) >= 11 is 3.48. The van der Waals surface area contributed by atoms with Crippen molar-refractivity contribution in [3.8, 4) is 6.07 Å². The molecule has 7 heteroatoms. The Bertz CT molecular complexity index is 861. The number of nitriles is 1. The lowest BCUT2D eigenvalue weighted by Crippen LogP contribution is -2.39. The summed E-state index contributed by atoms with van der Waals surface area (Å²) in [5.41, 5.74) is 2.50. The van der Waals surface area contributed by atoms with Crippen molar-refractivity contribution in [2.45, 2.75) is 25.9 Å². The van der Waals surface area contributed by atoms with Crippen molar-refractivity contribution in [1.82, 2.24) is 15.5 Å². The molecule has 28 heavy (non-hydrogen) atoms. The van der Waals surface area contributed by atoms with Crippen molar-refractivity contribution < 1.29 is 9.59 Å². The molecular weight excluding hydrogens is 420 g/mol. The van der Waals surface area contributed by atoms with E-state index in [2.05, 4.69) is 32.6 Å². The van der Waals surface area contributed by atoms with Crippen molar-refractivity contribution >= 4 is 27.9 Å². The molecular formula is C21H23BrN4O2. The zero-order valence-electron chi connectivity index (χ0n) is 15.9. The fourth-order valence-electron chi connectivity index (χ4n) is 2.62. The SMILES string of the molecule is CC(NC(=O)NCCC(=O)N(C)Cc1ccccc1Br)c1ccc(C#N)cc1.